The lowest BCUT2D eigenvalue weighted by molar-refractivity contribution is 0.159. The van der Waals surface area contributed by atoms with E-state index in [0.29, 0.717) is 11.4 Å². The predicted molar refractivity (Wildman–Crippen MR) is 129 cm³/mol. The van der Waals surface area contributed by atoms with Crippen LogP contribution >= 0.6 is 0 Å². The highest BCUT2D eigenvalue weighted by atomic mass is 32.2. The van der Waals surface area contributed by atoms with Crippen LogP contribution in [0.3, 0.4) is 0 Å². The average molecular weight is 447 g/mol. The van der Waals surface area contributed by atoms with E-state index >= 15 is 0 Å². The molecule has 5 rings (SSSR count). The summed E-state index contributed by atoms with van der Waals surface area (Å²) in [5, 5.41) is 2.89. The van der Waals surface area contributed by atoms with Crippen molar-refractivity contribution in [1.29, 1.82) is 0 Å². The Morgan fingerprint density at radius 2 is 1.47 bits per heavy atom. The summed E-state index contributed by atoms with van der Waals surface area (Å²) in [4.78, 5) is 2.68. The topological polar surface area (TPSA) is 49.4 Å². The molecule has 166 valence electrons. The molecule has 1 saturated heterocycles. The van der Waals surface area contributed by atoms with E-state index in [-0.39, 0.29) is 5.92 Å². The Kier molecular flexibility index (Phi) is 6.13. The van der Waals surface area contributed by atoms with Gasteiger partial charge in [-0.2, -0.15) is 0 Å². The summed E-state index contributed by atoms with van der Waals surface area (Å²) in [5.41, 5.74) is 4.34. The number of hydrogen-bond acceptors (Lipinski definition) is 4. The predicted octanol–water partition coefficient (Wildman–Crippen LogP) is 4.51. The maximum Gasteiger partial charge on any atom is 0.195 e. The van der Waals surface area contributed by atoms with Crippen molar-refractivity contribution in [2.24, 2.45) is 5.92 Å². The summed E-state index contributed by atoms with van der Waals surface area (Å²) in [6.45, 7) is 3.22. The van der Waals surface area contributed by atoms with Gasteiger partial charge in [0, 0.05) is 18.7 Å². The fourth-order valence-corrected chi connectivity index (χ4v) is 7.69. The molecule has 0 spiro atoms. The van der Waals surface area contributed by atoms with Gasteiger partial charge in [-0.25, -0.2) is 8.42 Å². The molecule has 0 aliphatic carbocycles. The van der Waals surface area contributed by atoms with Gasteiger partial charge in [-0.05, 0) is 61.0 Å². The summed E-state index contributed by atoms with van der Waals surface area (Å²) in [7, 11) is -3.58. The molecule has 0 amide bonds. The van der Waals surface area contributed by atoms with Crippen molar-refractivity contribution in [3.8, 4) is 11.1 Å². The van der Waals surface area contributed by atoms with E-state index < -0.39 is 15.2 Å². The number of nitrogens with one attached hydrogen (secondary N) is 1. The maximum absolute atomic E-state index is 14.4. The highest BCUT2D eigenvalue weighted by Crippen LogP contribution is 2.37. The third kappa shape index (κ3) is 4.13. The van der Waals surface area contributed by atoms with Crippen LogP contribution in [-0.4, -0.2) is 38.3 Å². The zero-order valence-electron chi connectivity index (χ0n) is 18.3. The SMILES string of the molecule is O=S(=O)(c1ccccc1-c1ccccc1)C(C1CCNCC1)N1CCc2ccccc2C1. The largest absolute Gasteiger partial charge is 0.317 e. The molecule has 1 atom stereocenters. The lowest BCUT2D eigenvalue weighted by Crippen LogP contribution is -2.50. The van der Waals surface area contributed by atoms with Gasteiger partial charge in [0.2, 0.25) is 0 Å². The van der Waals surface area contributed by atoms with Gasteiger partial charge in [0.15, 0.2) is 9.84 Å². The van der Waals surface area contributed by atoms with Gasteiger partial charge in [0.05, 0.1) is 4.90 Å². The Hall–Kier alpha value is -2.47. The number of hydrogen-bond donors (Lipinski definition) is 1. The zero-order chi connectivity index (χ0) is 22.0. The minimum atomic E-state index is -3.58. The molecule has 3 aromatic rings. The Balaban J connectivity index is 1.58. The maximum atomic E-state index is 14.4. The van der Waals surface area contributed by atoms with Crippen molar-refractivity contribution >= 4 is 9.84 Å². The third-order valence-corrected chi connectivity index (χ3v) is 9.19. The molecule has 1 N–H and O–H groups in total. The smallest absolute Gasteiger partial charge is 0.195 e. The minimum absolute atomic E-state index is 0.121. The van der Waals surface area contributed by atoms with Crippen molar-refractivity contribution in [3.63, 3.8) is 0 Å². The first-order valence-corrected chi connectivity index (χ1v) is 13.1. The summed E-state index contributed by atoms with van der Waals surface area (Å²) >= 11 is 0. The van der Waals surface area contributed by atoms with Crippen molar-refractivity contribution in [3.05, 3.63) is 90.0 Å². The van der Waals surface area contributed by atoms with Gasteiger partial charge < -0.3 is 5.32 Å². The number of rotatable bonds is 5. The van der Waals surface area contributed by atoms with Crippen LogP contribution in [0.15, 0.2) is 83.8 Å². The normalized spacial score (nSPS) is 18.8. The summed E-state index contributed by atoms with van der Waals surface area (Å²) in [5.74, 6) is 0.121. The van der Waals surface area contributed by atoms with E-state index in [9.17, 15) is 8.42 Å². The molecule has 2 aliphatic rings. The molecule has 32 heavy (non-hydrogen) atoms. The number of sulfone groups is 1. The van der Waals surface area contributed by atoms with Crippen molar-refractivity contribution in [2.75, 3.05) is 19.6 Å². The monoisotopic (exact) mass is 446 g/mol. The number of fused-ring (bicyclic) bond motifs is 1. The Bertz CT molecular complexity index is 1170. The molecule has 1 unspecified atom stereocenters. The number of nitrogens with zero attached hydrogens (tertiary/aromatic N) is 1. The first kappa shape index (κ1) is 21.4. The molecule has 2 aliphatic heterocycles. The molecule has 0 bridgehead atoms. The molecular weight excluding hydrogens is 416 g/mol. The quantitative estimate of drug-likeness (QED) is 0.626. The van der Waals surface area contributed by atoms with E-state index in [1.54, 1.807) is 6.07 Å². The van der Waals surface area contributed by atoms with Crippen LogP contribution in [0.5, 0.6) is 0 Å². The van der Waals surface area contributed by atoms with Crippen molar-refractivity contribution in [2.45, 2.75) is 36.1 Å². The van der Waals surface area contributed by atoms with Crippen LogP contribution in [-0.2, 0) is 22.8 Å². The molecule has 1 fully saturated rings. The molecule has 3 aromatic carbocycles. The van der Waals surface area contributed by atoms with E-state index in [1.165, 1.54) is 11.1 Å². The third-order valence-electron chi connectivity index (χ3n) is 6.90. The fraction of sp³-hybridized carbons (Fsp3) is 0.333. The lowest BCUT2D eigenvalue weighted by Gasteiger charge is -2.41. The highest BCUT2D eigenvalue weighted by Gasteiger charge is 2.41. The first-order valence-electron chi connectivity index (χ1n) is 11.5. The van der Waals surface area contributed by atoms with E-state index in [0.717, 1.165) is 50.0 Å². The minimum Gasteiger partial charge on any atom is -0.317 e. The van der Waals surface area contributed by atoms with Crippen LogP contribution in [0, 0.1) is 5.92 Å². The van der Waals surface area contributed by atoms with E-state index in [4.69, 9.17) is 0 Å². The van der Waals surface area contributed by atoms with Gasteiger partial charge in [-0.3, -0.25) is 4.90 Å². The summed E-state index contributed by atoms with van der Waals surface area (Å²) < 4.78 is 28.7. The second kappa shape index (κ2) is 9.18. The highest BCUT2D eigenvalue weighted by molar-refractivity contribution is 7.92. The van der Waals surface area contributed by atoms with Gasteiger partial charge in [0.1, 0.15) is 5.37 Å². The van der Waals surface area contributed by atoms with Gasteiger partial charge in [-0.15, -0.1) is 0 Å². The van der Waals surface area contributed by atoms with Gasteiger partial charge >= 0.3 is 0 Å². The van der Waals surface area contributed by atoms with E-state index in [2.05, 4.69) is 34.5 Å². The summed E-state index contributed by atoms with van der Waals surface area (Å²) in [6.07, 6.45) is 2.67. The van der Waals surface area contributed by atoms with Crippen LogP contribution < -0.4 is 5.32 Å². The van der Waals surface area contributed by atoms with Gasteiger partial charge in [0.25, 0.3) is 0 Å². The Morgan fingerprint density at radius 1 is 0.812 bits per heavy atom. The zero-order valence-corrected chi connectivity index (χ0v) is 19.1. The Morgan fingerprint density at radius 3 is 2.25 bits per heavy atom. The van der Waals surface area contributed by atoms with Crippen LogP contribution in [0.4, 0.5) is 0 Å². The van der Waals surface area contributed by atoms with Crippen molar-refractivity contribution < 1.29 is 8.42 Å². The molecule has 0 saturated carbocycles. The fourth-order valence-electron chi connectivity index (χ4n) is 5.31. The Labute approximate surface area is 191 Å². The van der Waals surface area contributed by atoms with Gasteiger partial charge in [-0.1, -0.05) is 72.8 Å². The number of piperidine rings is 1. The number of benzene rings is 3. The van der Waals surface area contributed by atoms with Crippen LogP contribution in [0.1, 0.15) is 24.0 Å². The van der Waals surface area contributed by atoms with Crippen molar-refractivity contribution in [1.82, 2.24) is 10.2 Å². The lowest BCUT2D eigenvalue weighted by atomic mass is 9.94. The average Bonchev–Trinajstić information content (AvgIpc) is 2.85. The molecule has 0 radical (unpaired) electrons. The van der Waals surface area contributed by atoms with E-state index in [1.807, 2.05) is 48.5 Å². The molecule has 0 aromatic heterocycles. The summed E-state index contributed by atoms with van der Waals surface area (Å²) in [6, 6.07) is 25.8. The second-order valence-electron chi connectivity index (χ2n) is 8.87. The molecular formula is C27H30N2O2S. The molecule has 5 heteroatoms. The molecule has 2 heterocycles. The first-order chi connectivity index (χ1) is 15.6. The second-order valence-corrected chi connectivity index (χ2v) is 10.9. The van der Waals surface area contributed by atoms with Crippen LogP contribution in [0.25, 0.3) is 11.1 Å². The molecule has 4 nitrogen and oxygen atoms in total. The van der Waals surface area contributed by atoms with Crippen LogP contribution in [0.2, 0.25) is 0 Å². The standard InChI is InChI=1S/C27H30N2O2S/c30-32(31,26-13-7-6-12-25(26)22-9-2-1-3-10-22)27(23-14-17-28-18-15-23)29-19-16-21-8-4-5-11-24(21)20-29/h1-13,23,27-28H,14-20H2.